The number of ether oxygens (including phenoxy) is 3. The second kappa shape index (κ2) is 12.1. The number of rotatable bonds is 10. The Hall–Kier alpha value is -3.95. The van der Waals surface area contributed by atoms with Crippen molar-refractivity contribution in [2.45, 2.75) is 25.5 Å². The number of hydrogen-bond donors (Lipinski definition) is 1. The summed E-state index contributed by atoms with van der Waals surface area (Å²) in [5.74, 6) is 1.76. The molecular formula is C28H28ClN5O4. The van der Waals surface area contributed by atoms with Gasteiger partial charge in [0.25, 0.3) is 0 Å². The summed E-state index contributed by atoms with van der Waals surface area (Å²) in [7, 11) is 1.53. The number of nitrogens with zero attached hydrogens (tertiary/aromatic N) is 4. The number of hydrogen-bond acceptors (Lipinski definition) is 8. The molecule has 1 saturated heterocycles. The van der Waals surface area contributed by atoms with E-state index in [-0.39, 0.29) is 18.6 Å². The lowest BCUT2D eigenvalue weighted by atomic mass is 10.2. The van der Waals surface area contributed by atoms with Crippen LogP contribution in [0.5, 0.6) is 11.5 Å². The van der Waals surface area contributed by atoms with E-state index in [1.54, 1.807) is 18.3 Å². The van der Waals surface area contributed by atoms with Crippen LogP contribution in [-0.2, 0) is 16.1 Å². The summed E-state index contributed by atoms with van der Waals surface area (Å²) < 4.78 is 17.1. The van der Waals surface area contributed by atoms with Crippen molar-refractivity contribution >= 4 is 39.9 Å². The number of halogens is 1. The predicted molar refractivity (Wildman–Crippen MR) is 145 cm³/mol. The summed E-state index contributed by atoms with van der Waals surface area (Å²) in [5, 5.41) is 4.54. The first-order chi connectivity index (χ1) is 18.6. The van der Waals surface area contributed by atoms with Gasteiger partial charge in [-0.2, -0.15) is 0 Å². The SMILES string of the molecule is COCC(=O)N1CCC[C@@H]1COc1cccc2ncnc(Nc3ccc(OCc4ccccn4)c(Cl)c3)c12. The van der Waals surface area contributed by atoms with Crippen LogP contribution in [0.25, 0.3) is 10.9 Å². The fourth-order valence-corrected chi connectivity index (χ4v) is 4.73. The molecular weight excluding hydrogens is 506 g/mol. The Bertz CT molecular complexity index is 1400. The van der Waals surface area contributed by atoms with Gasteiger partial charge in [0.2, 0.25) is 5.91 Å². The van der Waals surface area contributed by atoms with Crippen LogP contribution in [0.1, 0.15) is 18.5 Å². The third kappa shape index (κ3) is 5.95. The Morgan fingerprint density at radius 2 is 2.00 bits per heavy atom. The zero-order chi connectivity index (χ0) is 26.3. The molecule has 9 nitrogen and oxygen atoms in total. The Labute approximate surface area is 225 Å². The van der Waals surface area contributed by atoms with Crippen LogP contribution in [0.3, 0.4) is 0 Å². The first-order valence-electron chi connectivity index (χ1n) is 12.4. The van der Waals surface area contributed by atoms with Crippen molar-refractivity contribution in [3.05, 3.63) is 77.8 Å². The van der Waals surface area contributed by atoms with Gasteiger partial charge >= 0.3 is 0 Å². The lowest BCUT2D eigenvalue weighted by molar-refractivity contribution is -0.136. The highest BCUT2D eigenvalue weighted by atomic mass is 35.5. The van der Waals surface area contributed by atoms with Gasteiger partial charge in [0.15, 0.2) is 0 Å². The summed E-state index contributed by atoms with van der Waals surface area (Å²) in [6.07, 6.45) is 5.05. The number of methoxy groups -OCH3 is 1. The lowest BCUT2D eigenvalue weighted by Gasteiger charge is -2.25. The minimum absolute atomic E-state index is 0.00798. The van der Waals surface area contributed by atoms with Crippen LogP contribution in [0, 0.1) is 0 Å². The van der Waals surface area contributed by atoms with Crippen molar-refractivity contribution in [3.63, 3.8) is 0 Å². The molecule has 3 heterocycles. The molecule has 196 valence electrons. The standard InChI is InChI=1S/C28H28ClN5O4/c1-36-17-26(35)34-13-5-7-21(34)16-38-25-9-4-8-23-27(25)28(32-18-31-23)33-19-10-11-24(22(29)14-19)37-15-20-6-2-3-12-30-20/h2-4,6,8-12,14,18,21H,5,7,13,15-17H2,1H3,(H,31,32,33)/t21-/m1/s1. The maximum Gasteiger partial charge on any atom is 0.248 e. The van der Waals surface area contributed by atoms with Crippen LogP contribution in [-0.4, -0.2) is 58.7 Å². The van der Waals surface area contributed by atoms with Gasteiger partial charge in [-0.25, -0.2) is 9.97 Å². The summed E-state index contributed by atoms with van der Waals surface area (Å²) in [4.78, 5) is 27.4. The Morgan fingerprint density at radius 1 is 1.08 bits per heavy atom. The topological polar surface area (TPSA) is 98.7 Å². The first-order valence-corrected chi connectivity index (χ1v) is 12.7. The number of nitrogens with one attached hydrogen (secondary N) is 1. The van der Waals surface area contributed by atoms with Crippen LogP contribution >= 0.6 is 11.6 Å². The molecule has 38 heavy (non-hydrogen) atoms. The van der Waals surface area contributed by atoms with Gasteiger partial charge in [-0.3, -0.25) is 9.78 Å². The van der Waals surface area contributed by atoms with Crippen molar-refractivity contribution in [1.29, 1.82) is 0 Å². The van der Waals surface area contributed by atoms with Crippen molar-refractivity contribution in [2.24, 2.45) is 0 Å². The minimum Gasteiger partial charge on any atom is -0.491 e. The molecule has 2 aromatic heterocycles. The number of amides is 1. The normalized spacial score (nSPS) is 15.0. The fourth-order valence-electron chi connectivity index (χ4n) is 4.49. The molecule has 0 saturated carbocycles. The van der Waals surface area contributed by atoms with Crippen LogP contribution in [0.4, 0.5) is 11.5 Å². The highest BCUT2D eigenvalue weighted by Gasteiger charge is 2.29. The molecule has 5 rings (SSSR count). The molecule has 1 aliphatic heterocycles. The number of fused-ring (bicyclic) bond motifs is 1. The number of likely N-dealkylation sites (tertiary alicyclic amines) is 1. The monoisotopic (exact) mass is 533 g/mol. The van der Waals surface area contributed by atoms with E-state index < -0.39 is 0 Å². The fraction of sp³-hybridized carbons (Fsp3) is 0.286. The molecule has 4 aromatic rings. The molecule has 1 fully saturated rings. The first kappa shape index (κ1) is 25.7. The summed E-state index contributed by atoms with van der Waals surface area (Å²) in [6.45, 7) is 1.48. The van der Waals surface area contributed by atoms with E-state index in [0.717, 1.165) is 35.1 Å². The van der Waals surface area contributed by atoms with Crippen molar-refractivity contribution in [1.82, 2.24) is 19.9 Å². The Balaban J connectivity index is 1.32. The average Bonchev–Trinajstić information content (AvgIpc) is 3.41. The second-order valence-corrected chi connectivity index (χ2v) is 9.29. The molecule has 1 atom stereocenters. The van der Waals surface area contributed by atoms with E-state index in [4.69, 9.17) is 25.8 Å². The minimum atomic E-state index is -0.0217. The van der Waals surface area contributed by atoms with Gasteiger partial charge in [0.1, 0.15) is 43.5 Å². The molecule has 0 bridgehead atoms. The maximum atomic E-state index is 12.4. The highest BCUT2D eigenvalue weighted by molar-refractivity contribution is 6.32. The molecule has 0 aliphatic carbocycles. The summed E-state index contributed by atoms with van der Waals surface area (Å²) >= 11 is 6.51. The molecule has 1 N–H and O–H groups in total. The average molecular weight is 534 g/mol. The number of anilines is 2. The van der Waals surface area contributed by atoms with E-state index >= 15 is 0 Å². The lowest BCUT2D eigenvalue weighted by Crippen LogP contribution is -2.40. The third-order valence-electron chi connectivity index (χ3n) is 6.32. The third-order valence-corrected chi connectivity index (χ3v) is 6.61. The zero-order valence-corrected chi connectivity index (χ0v) is 21.7. The molecule has 10 heteroatoms. The van der Waals surface area contributed by atoms with E-state index in [1.165, 1.54) is 13.4 Å². The quantitative estimate of drug-likeness (QED) is 0.303. The van der Waals surface area contributed by atoms with Gasteiger partial charge in [-0.1, -0.05) is 23.7 Å². The summed E-state index contributed by atoms with van der Waals surface area (Å²) in [6, 6.07) is 16.8. The molecule has 1 aliphatic rings. The molecule has 0 unspecified atom stereocenters. The van der Waals surface area contributed by atoms with Crippen LogP contribution in [0.15, 0.2) is 67.1 Å². The smallest absolute Gasteiger partial charge is 0.248 e. The van der Waals surface area contributed by atoms with E-state index in [9.17, 15) is 4.79 Å². The highest BCUT2D eigenvalue weighted by Crippen LogP contribution is 2.34. The molecule has 0 spiro atoms. The van der Waals surface area contributed by atoms with Crippen molar-refractivity contribution in [3.8, 4) is 11.5 Å². The van der Waals surface area contributed by atoms with Crippen molar-refractivity contribution in [2.75, 3.05) is 32.2 Å². The van der Waals surface area contributed by atoms with Gasteiger partial charge in [0, 0.05) is 25.5 Å². The van der Waals surface area contributed by atoms with Gasteiger partial charge < -0.3 is 24.4 Å². The maximum absolute atomic E-state index is 12.4. The number of carbonyl (C=O) groups excluding carboxylic acids is 1. The van der Waals surface area contributed by atoms with E-state index in [1.807, 2.05) is 47.4 Å². The van der Waals surface area contributed by atoms with Crippen LogP contribution in [0.2, 0.25) is 5.02 Å². The van der Waals surface area contributed by atoms with Crippen molar-refractivity contribution < 1.29 is 19.0 Å². The van der Waals surface area contributed by atoms with Gasteiger partial charge in [0.05, 0.1) is 27.7 Å². The van der Waals surface area contributed by atoms with E-state index in [2.05, 4.69) is 20.3 Å². The second-order valence-electron chi connectivity index (χ2n) is 8.88. The number of aromatic nitrogens is 3. The Kier molecular flexibility index (Phi) is 8.15. The molecule has 2 aromatic carbocycles. The predicted octanol–water partition coefficient (Wildman–Crippen LogP) is 5.02. The molecule has 1 amide bonds. The van der Waals surface area contributed by atoms with Gasteiger partial charge in [-0.05, 0) is 55.3 Å². The Morgan fingerprint density at radius 3 is 2.82 bits per heavy atom. The number of benzene rings is 2. The summed E-state index contributed by atoms with van der Waals surface area (Å²) in [5.41, 5.74) is 2.29. The van der Waals surface area contributed by atoms with Crippen LogP contribution < -0.4 is 14.8 Å². The van der Waals surface area contributed by atoms with E-state index in [0.29, 0.717) is 42.1 Å². The largest absolute Gasteiger partial charge is 0.491 e. The van der Waals surface area contributed by atoms with Gasteiger partial charge in [-0.15, -0.1) is 0 Å². The zero-order valence-electron chi connectivity index (χ0n) is 21.0. The number of pyridine rings is 1. The number of carbonyl (C=O) groups is 1. The molecule has 0 radical (unpaired) electrons.